The highest BCUT2D eigenvalue weighted by Gasteiger charge is 2.27. The number of carbonyl (C=O) groups is 2. The zero-order valence-electron chi connectivity index (χ0n) is 16.1. The molecule has 1 fully saturated rings. The van der Waals surface area contributed by atoms with E-state index in [2.05, 4.69) is 10.0 Å². The number of carbonyl (C=O) groups excluding carboxylic acids is 2. The summed E-state index contributed by atoms with van der Waals surface area (Å²) in [5.74, 6) is -0.520. The monoisotopic (exact) mass is 428 g/mol. The highest BCUT2D eigenvalue weighted by atomic mass is 32.2. The fourth-order valence-electron chi connectivity index (χ4n) is 3.07. The third-order valence-electron chi connectivity index (χ3n) is 4.56. The fourth-order valence-corrected chi connectivity index (χ4v) is 4.78. The number of thioether (sulfide) groups is 1. The standard InChI is InChI=1S/C19H28N2O5S2/c1-27-13-12-17(21-28(24,25)16-10-6-3-7-11-16)19(23)26-14-18(22)20-15-8-4-2-5-9-15/h3,6-7,10-11,15,17,21H,2,4-5,8-9,12-14H2,1H3,(H,20,22). The van der Waals surface area contributed by atoms with Crippen LogP contribution in [-0.4, -0.2) is 51.0 Å². The van der Waals surface area contributed by atoms with Crippen LogP contribution < -0.4 is 10.0 Å². The fraction of sp³-hybridized carbons (Fsp3) is 0.579. The maximum absolute atomic E-state index is 12.5. The average molecular weight is 429 g/mol. The average Bonchev–Trinajstić information content (AvgIpc) is 2.70. The van der Waals surface area contributed by atoms with Crippen LogP contribution in [0.25, 0.3) is 0 Å². The van der Waals surface area contributed by atoms with Crippen LogP contribution >= 0.6 is 11.8 Å². The number of esters is 1. The highest BCUT2D eigenvalue weighted by molar-refractivity contribution is 7.98. The Bertz CT molecular complexity index is 734. The van der Waals surface area contributed by atoms with Gasteiger partial charge in [0.05, 0.1) is 4.90 Å². The van der Waals surface area contributed by atoms with E-state index in [9.17, 15) is 18.0 Å². The number of sulfonamides is 1. The molecule has 156 valence electrons. The summed E-state index contributed by atoms with van der Waals surface area (Å²) in [6.07, 6.45) is 7.37. The molecule has 1 aliphatic rings. The molecule has 1 aromatic rings. The van der Waals surface area contributed by atoms with Crippen LogP contribution in [0.15, 0.2) is 35.2 Å². The molecule has 0 aromatic heterocycles. The number of benzene rings is 1. The maximum Gasteiger partial charge on any atom is 0.324 e. The second-order valence-electron chi connectivity index (χ2n) is 6.78. The summed E-state index contributed by atoms with van der Waals surface area (Å²) in [6, 6.07) is 6.93. The minimum Gasteiger partial charge on any atom is -0.454 e. The van der Waals surface area contributed by atoms with Gasteiger partial charge in [0.1, 0.15) is 6.04 Å². The van der Waals surface area contributed by atoms with E-state index in [1.54, 1.807) is 18.2 Å². The zero-order valence-corrected chi connectivity index (χ0v) is 17.7. The molecule has 0 spiro atoms. The van der Waals surface area contributed by atoms with Gasteiger partial charge >= 0.3 is 5.97 Å². The number of hydrogen-bond donors (Lipinski definition) is 2. The summed E-state index contributed by atoms with van der Waals surface area (Å²) in [6.45, 7) is -0.405. The van der Waals surface area contributed by atoms with E-state index in [1.165, 1.54) is 30.3 Å². The van der Waals surface area contributed by atoms with Crippen LogP contribution in [-0.2, 0) is 24.3 Å². The molecule has 0 saturated heterocycles. The molecule has 1 aliphatic carbocycles. The van der Waals surface area contributed by atoms with Crippen LogP contribution in [0.1, 0.15) is 38.5 Å². The molecule has 9 heteroatoms. The van der Waals surface area contributed by atoms with Gasteiger partial charge in [-0.1, -0.05) is 37.5 Å². The summed E-state index contributed by atoms with van der Waals surface area (Å²) in [5.41, 5.74) is 0. The van der Waals surface area contributed by atoms with Gasteiger partial charge in [0.15, 0.2) is 6.61 Å². The number of hydrogen-bond acceptors (Lipinski definition) is 6. The Hall–Kier alpha value is -1.58. The Morgan fingerprint density at radius 3 is 2.50 bits per heavy atom. The maximum atomic E-state index is 12.5. The Labute approximate surface area is 171 Å². The number of rotatable bonds is 10. The molecular weight excluding hydrogens is 400 g/mol. The van der Waals surface area contributed by atoms with Crippen molar-refractivity contribution in [3.8, 4) is 0 Å². The first-order valence-corrected chi connectivity index (χ1v) is 12.3. The van der Waals surface area contributed by atoms with Gasteiger partial charge in [0.2, 0.25) is 10.0 Å². The van der Waals surface area contributed by atoms with Gasteiger partial charge < -0.3 is 10.1 Å². The van der Waals surface area contributed by atoms with Crippen molar-refractivity contribution < 1.29 is 22.7 Å². The second kappa shape index (κ2) is 11.4. The summed E-state index contributed by atoms with van der Waals surface area (Å²) >= 11 is 1.49. The molecule has 7 nitrogen and oxygen atoms in total. The predicted molar refractivity (Wildman–Crippen MR) is 110 cm³/mol. The summed E-state index contributed by atoms with van der Waals surface area (Å²) < 4.78 is 32.5. The molecule has 1 saturated carbocycles. The minimum atomic E-state index is -3.86. The lowest BCUT2D eigenvalue weighted by Crippen LogP contribution is -2.44. The topological polar surface area (TPSA) is 102 Å². The summed E-state index contributed by atoms with van der Waals surface area (Å²) in [4.78, 5) is 24.5. The molecule has 28 heavy (non-hydrogen) atoms. The summed E-state index contributed by atoms with van der Waals surface area (Å²) in [5, 5.41) is 2.87. The number of nitrogens with one attached hydrogen (secondary N) is 2. The predicted octanol–water partition coefficient (Wildman–Crippen LogP) is 2.08. The van der Waals surface area contributed by atoms with Gasteiger partial charge in [-0.3, -0.25) is 9.59 Å². The van der Waals surface area contributed by atoms with Crippen LogP contribution in [0.3, 0.4) is 0 Å². The van der Waals surface area contributed by atoms with Crippen molar-refractivity contribution in [2.24, 2.45) is 0 Å². The van der Waals surface area contributed by atoms with Crippen molar-refractivity contribution in [1.29, 1.82) is 0 Å². The molecule has 1 amide bonds. The van der Waals surface area contributed by atoms with Gasteiger partial charge in [0, 0.05) is 6.04 Å². The Morgan fingerprint density at radius 2 is 1.86 bits per heavy atom. The van der Waals surface area contributed by atoms with Crippen molar-refractivity contribution in [1.82, 2.24) is 10.0 Å². The van der Waals surface area contributed by atoms with Gasteiger partial charge in [-0.05, 0) is 43.4 Å². The molecule has 0 heterocycles. The van der Waals surface area contributed by atoms with Crippen LogP contribution in [0.4, 0.5) is 0 Å². The zero-order chi connectivity index (χ0) is 20.4. The Morgan fingerprint density at radius 1 is 1.18 bits per heavy atom. The molecular formula is C19H28N2O5S2. The first-order chi connectivity index (χ1) is 13.4. The molecule has 1 aromatic carbocycles. The lowest BCUT2D eigenvalue weighted by atomic mass is 9.95. The smallest absolute Gasteiger partial charge is 0.324 e. The van der Waals surface area contributed by atoms with Crippen LogP contribution in [0.2, 0.25) is 0 Å². The molecule has 1 atom stereocenters. The van der Waals surface area contributed by atoms with Crippen molar-refractivity contribution in [3.05, 3.63) is 30.3 Å². The van der Waals surface area contributed by atoms with Gasteiger partial charge in [0.25, 0.3) is 5.91 Å². The van der Waals surface area contributed by atoms with Crippen molar-refractivity contribution >= 4 is 33.7 Å². The van der Waals surface area contributed by atoms with Gasteiger partial charge in [-0.25, -0.2) is 8.42 Å². The van der Waals surface area contributed by atoms with Crippen molar-refractivity contribution in [2.45, 2.75) is 55.5 Å². The third kappa shape index (κ3) is 7.44. The van der Waals surface area contributed by atoms with E-state index in [0.717, 1.165) is 25.7 Å². The lowest BCUT2D eigenvalue weighted by molar-refractivity contribution is -0.150. The first-order valence-electron chi connectivity index (χ1n) is 9.44. The van der Waals surface area contributed by atoms with Crippen molar-refractivity contribution in [2.75, 3.05) is 18.6 Å². The largest absolute Gasteiger partial charge is 0.454 e. The highest BCUT2D eigenvalue weighted by Crippen LogP contribution is 2.17. The number of ether oxygens (including phenoxy) is 1. The molecule has 0 aliphatic heterocycles. The molecule has 2 rings (SSSR count). The first kappa shape index (κ1) is 22.7. The van der Waals surface area contributed by atoms with Crippen LogP contribution in [0, 0.1) is 0 Å². The summed E-state index contributed by atoms with van der Waals surface area (Å²) in [7, 11) is -3.86. The lowest BCUT2D eigenvalue weighted by Gasteiger charge is -2.23. The van der Waals surface area contributed by atoms with Crippen LogP contribution in [0.5, 0.6) is 0 Å². The minimum absolute atomic E-state index is 0.0759. The van der Waals surface area contributed by atoms with E-state index in [4.69, 9.17) is 4.74 Å². The van der Waals surface area contributed by atoms with E-state index >= 15 is 0 Å². The third-order valence-corrected chi connectivity index (χ3v) is 6.69. The van der Waals surface area contributed by atoms with E-state index in [0.29, 0.717) is 5.75 Å². The van der Waals surface area contributed by atoms with Gasteiger partial charge in [-0.2, -0.15) is 16.5 Å². The molecule has 2 N–H and O–H groups in total. The quantitative estimate of drug-likeness (QED) is 0.553. The number of amides is 1. The molecule has 1 unspecified atom stereocenters. The Kier molecular flexibility index (Phi) is 9.27. The van der Waals surface area contributed by atoms with E-state index < -0.39 is 28.6 Å². The molecule has 0 radical (unpaired) electrons. The Balaban J connectivity index is 1.91. The second-order valence-corrected chi connectivity index (χ2v) is 9.48. The SMILES string of the molecule is CSCCC(NS(=O)(=O)c1ccccc1)C(=O)OCC(=O)NC1CCCCC1. The normalized spacial score (nSPS) is 16.3. The van der Waals surface area contributed by atoms with E-state index in [-0.39, 0.29) is 23.3 Å². The molecule has 0 bridgehead atoms. The van der Waals surface area contributed by atoms with Gasteiger partial charge in [-0.15, -0.1) is 0 Å². The van der Waals surface area contributed by atoms with Crippen molar-refractivity contribution in [3.63, 3.8) is 0 Å². The van der Waals surface area contributed by atoms with E-state index in [1.807, 2.05) is 6.26 Å².